The fourth-order valence-corrected chi connectivity index (χ4v) is 3.26. The summed E-state index contributed by atoms with van der Waals surface area (Å²) in [6.45, 7) is 1.11. The number of hydrogen-bond donors (Lipinski definition) is 1. The number of aryl methyl sites for hydroxylation is 1. The molecule has 3 rings (SSSR count). The van der Waals surface area contributed by atoms with Crippen LogP contribution in [0.1, 0.15) is 36.3 Å². The second-order valence-electron chi connectivity index (χ2n) is 5.96. The van der Waals surface area contributed by atoms with Gasteiger partial charge in [0.25, 0.3) is 0 Å². The van der Waals surface area contributed by atoms with Crippen LogP contribution >= 0.6 is 11.6 Å². The molecule has 0 aliphatic heterocycles. The fourth-order valence-electron chi connectivity index (χ4n) is 3.06. The molecule has 0 saturated heterocycles. The Morgan fingerprint density at radius 1 is 1.00 bits per heavy atom. The summed E-state index contributed by atoms with van der Waals surface area (Å²) in [5.74, 6) is 0.690. The molecule has 2 aromatic rings. The van der Waals surface area contributed by atoms with Gasteiger partial charge < -0.3 is 5.32 Å². The van der Waals surface area contributed by atoms with Crippen LogP contribution in [0, 0.1) is 0 Å². The van der Waals surface area contributed by atoms with Crippen LogP contribution in [0.4, 0.5) is 0 Å². The summed E-state index contributed by atoms with van der Waals surface area (Å²) in [6.07, 6.45) is 4.86. The van der Waals surface area contributed by atoms with E-state index in [1.54, 1.807) is 0 Å². The van der Waals surface area contributed by atoms with Crippen LogP contribution in [0.25, 0.3) is 0 Å². The van der Waals surface area contributed by atoms with E-state index in [1.165, 1.54) is 30.4 Å². The molecule has 1 nitrogen and oxygen atoms in total. The van der Waals surface area contributed by atoms with Gasteiger partial charge in [-0.1, -0.05) is 54.1 Å². The highest BCUT2D eigenvalue weighted by atomic mass is 35.5. The van der Waals surface area contributed by atoms with Crippen LogP contribution in [-0.2, 0) is 6.42 Å². The average Bonchev–Trinajstić information content (AvgIpc) is 2.46. The molecular formula is C19H22ClN. The molecule has 0 heterocycles. The van der Waals surface area contributed by atoms with E-state index in [4.69, 9.17) is 11.6 Å². The monoisotopic (exact) mass is 299 g/mol. The highest BCUT2D eigenvalue weighted by Gasteiger charge is 2.29. The van der Waals surface area contributed by atoms with Crippen LogP contribution in [0.3, 0.4) is 0 Å². The molecule has 21 heavy (non-hydrogen) atoms. The Morgan fingerprint density at radius 2 is 1.81 bits per heavy atom. The summed E-state index contributed by atoms with van der Waals surface area (Å²) >= 11 is 6.05. The number of hydrogen-bond acceptors (Lipinski definition) is 1. The molecule has 0 radical (unpaired) electrons. The van der Waals surface area contributed by atoms with Crippen molar-refractivity contribution in [2.45, 2.75) is 37.6 Å². The number of halogens is 1. The van der Waals surface area contributed by atoms with Crippen molar-refractivity contribution in [1.29, 1.82) is 0 Å². The molecule has 0 aromatic heterocycles. The van der Waals surface area contributed by atoms with Gasteiger partial charge in [0, 0.05) is 11.1 Å². The summed E-state index contributed by atoms with van der Waals surface area (Å²) in [5, 5.41) is 4.52. The maximum atomic E-state index is 6.05. The van der Waals surface area contributed by atoms with E-state index in [0.717, 1.165) is 18.0 Å². The molecule has 1 N–H and O–H groups in total. The number of rotatable bonds is 6. The Labute approximate surface area is 132 Å². The normalized spacial score (nSPS) is 21.0. The summed E-state index contributed by atoms with van der Waals surface area (Å²) in [5.41, 5.74) is 2.83. The molecule has 1 saturated carbocycles. The molecule has 1 fully saturated rings. The molecule has 0 bridgehead atoms. The first-order valence-electron chi connectivity index (χ1n) is 7.84. The van der Waals surface area contributed by atoms with E-state index in [0.29, 0.717) is 12.0 Å². The van der Waals surface area contributed by atoms with Crippen LogP contribution in [-0.4, -0.2) is 12.6 Å². The van der Waals surface area contributed by atoms with Gasteiger partial charge in [0.1, 0.15) is 0 Å². The third kappa shape index (κ3) is 4.09. The van der Waals surface area contributed by atoms with E-state index in [-0.39, 0.29) is 0 Å². The van der Waals surface area contributed by atoms with E-state index in [1.807, 2.05) is 6.07 Å². The molecule has 0 spiro atoms. The fraction of sp³-hybridized carbons (Fsp3) is 0.368. The molecule has 1 aliphatic rings. The molecular weight excluding hydrogens is 278 g/mol. The second-order valence-corrected chi connectivity index (χ2v) is 6.40. The molecule has 0 amide bonds. The van der Waals surface area contributed by atoms with Gasteiger partial charge in [0.2, 0.25) is 0 Å². The summed E-state index contributed by atoms with van der Waals surface area (Å²) < 4.78 is 0. The Morgan fingerprint density at radius 3 is 2.57 bits per heavy atom. The van der Waals surface area contributed by atoms with Crippen molar-refractivity contribution >= 4 is 11.6 Å². The van der Waals surface area contributed by atoms with Crippen molar-refractivity contribution in [3.63, 3.8) is 0 Å². The maximum absolute atomic E-state index is 6.05. The van der Waals surface area contributed by atoms with Crippen LogP contribution in [0.2, 0.25) is 5.02 Å². The lowest BCUT2D eigenvalue weighted by Crippen LogP contribution is -2.40. The zero-order valence-electron chi connectivity index (χ0n) is 12.3. The third-order valence-electron chi connectivity index (χ3n) is 4.38. The van der Waals surface area contributed by atoms with E-state index in [9.17, 15) is 0 Å². The van der Waals surface area contributed by atoms with Gasteiger partial charge in [-0.2, -0.15) is 0 Å². The zero-order valence-corrected chi connectivity index (χ0v) is 13.0. The van der Waals surface area contributed by atoms with Crippen molar-refractivity contribution in [3.05, 3.63) is 70.7 Å². The maximum Gasteiger partial charge on any atom is 0.0408 e. The van der Waals surface area contributed by atoms with Crippen LogP contribution < -0.4 is 5.32 Å². The van der Waals surface area contributed by atoms with Crippen LogP contribution in [0.15, 0.2) is 54.6 Å². The summed E-state index contributed by atoms with van der Waals surface area (Å²) in [4.78, 5) is 0. The first kappa shape index (κ1) is 14.6. The van der Waals surface area contributed by atoms with Gasteiger partial charge >= 0.3 is 0 Å². The quantitative estimate of drug-likeness (QED) is 0.755. The number of nitrogens with one attached hydrogen (secondary N) is 1. The average molecular weight is 300 g/mol. The van der Waals surface area contributed by atoms with Gasteiger partial charge in [-0.05, 0) is 61.4 Å². The second kappa shape index (κ2) is 7.11. The first-order valence-corrected chi connectivity index (χ1v) is 8.22. The molecule has 0 unspecified atom stereocenters. The standard InChI is InChI=1S/C19H22ClN/c20-18-10-4-9-16(12-18)17-13-19(14-17)21-11-5-8-15-6-2-1-3-7-15/h1-4,6-7,9-10,12,17,19,21H,5,8,11,13-14H2. The van der Waals surface area contributed by atoms with Crippen molar-refractivity contribution in [2.24, 2.45) is 0 Å². The minimum absolute atomic E-state index is 0.685. The van der Waals surface area contributed by atoms with Crippen LogP contribution in [0.5, 0.6) is 0 Å². The van der Waals surface area contributed by atoms with Crippen molar-refractivity contribution in [2.75, 3.05) is 6.54 Å². The van der Waals surface area contributed by atoms with Gasteiger partial charge in [0.05, 0.1) is 0 Å². The lowest BCUT2D eigenvalue weighted by atomic mass is 9.76. The lowest BCUT2D eigenvalue weighted by Gasteiger charge is -2.36. The van der Waals surface area contributed by atoms with E-state index in [2.05, 4.69) is 53.8 Å². The zero-order chi connectivity index (χ0) is 14.5. The predicted octanol–water partition coefficient (Wildman–Crippen LogP) is 4.81. The van der Waals surface area contributed by atoms with E-state index < -0.39 is 0 Å². The lowest BCUT2D eigenvalue weighted by molar-refractivity contribution is 0.291. The molecule has 0 atom stereocenters. The van der Waals surface area contributed by atoms with Gasteiger partial charge in [-0.3, -0.25) is 0 Å². The van der Waals surface area contributed by atoms with Crippen molar-refractivity contribution in [3.8, 4) is 0 Å². The minimum Gasteiger partial charge on any atom is -0.314 e. The predicted molar refractivity (Wildman–Crippen MR) is 90.0 cm³/mol. The van der Waals surface area contributed by atoms with Gasteiger partial charge in [-0.15, -0.1) is 0 Å². The Kier molecular flexibility index (Phi) is 4.95. The van der Waals surface area contributed by atoms with Crippen molar-refractivity contribution in [1.82, 2.24) is 5.32 Å². The molecule has 2 heteroatoms. The third-order valence-corrected chi connectivity index (χ3v) is 4.61. The van der Waals surface area contributed by atoms with E-state index >= 15 is 0 Å². The minimum atomic E-state index is 0.685. The largest absolute Gasteiger partial charge is 0.314 e. The topological polar surface area (TPSA) is 12.0 Å². The summed E-state index contributed by atoms with van der Waals surface area (Å²) in [7, 11) is 0. The molecule has 110 valence electrons. The van der Waals surface area contributed by atoms with Gasteiger partial charge in [0.15, 0.2) is 0 Å². The van der Waals surface area contributed by atoms with Crippen molar-refractivity contribution < 1.29 is 0 Å². The summed E-state index contributed by atoms with van der Waals surface area (Å²) in [6, 6.07) is 19.7. The SMILES string of the molecule is Clc1cccc(C2CC(NCCCc3ccccc3)C2)c1. The Balaban J connectivity index is 1.34. The van der Waals surface area contributed by atoms with Gasteiger partial charge in [-0.25, -0.2) is 0 Å². The first-order chi connectivity index (χ1) is 10.3. The highest BCUT2D eigenvalue weighted by molar-refractivity contribution is 6.30. The highest BCUT2D eigenvalue weighted by Crippen LogP contribution is 2.37. The smallest absolute Gasteiger partial charge is 0.0408 e. The molecule has 2 aromatic carbocycles. The molecule has 1 aliphatic carbocycles. The Hall–Kier alpha value is -1.31. The number of benzene rings is 2. The Bertz CT molecular complexity index is 561.